The average Bonchev–Trinajstić information content (AvgIpc) is 2.31. The monoisotopic (exact) mass is 137 g/mol. The Morgan fingerprint density at radius 3 is 2.40 bits per heavy atom. The summed E-state index contributed by atoms with van der Waals surface area (Å²) in [4.78, 5) is 0. The summed E-state index contributed by atoms with van der Waals surface area (Å²) in [6.45, 7) is 0. The molecule has 4 aliphatic rings. The number of rotatable bonds is 0. The maximum atomic E-state index is 6.10. The largest absolute Gasteiger partial charge is 0.327 e. The third-order valence-corrected chi connectivity index (χ3v) is 4.13. The molecule has 4 rings (SSSR count). The molecule has 1 heteroatoms. The first-order chi connectivity index (χ1) is 4.84. The van der Waals surface area contributed by atoms with Crippen molar-refractivity contribution in [1.29, 1.82) is 0 Å². The van der Waals surface area contributed by atoms with Gasteiger partial charge in [-0.3, -0.25) is 0 Å². The van der Waals surface area contributed by atoms with Crippen molar-refractivity contribution in [2.45, 2.75) is 31.7 Å². The van der Waals surface area contributed by atoms with Crippen molar-refractivity contribution in [3.8, 4) is 0 Å². The summed E-state index contributed by atoms with van der Waals surface area (Å²) < 4.78 is 0. The predicted octanol–water partition coefficient (Wildman–Crippen LogP) is 1.38. The molecule has 4 fully saturated rings. The van der Waals surface area contributed by atoms with Gasteiger partial charge in [0.05, 0.1) is 0 Å². The molecule has 10 heavy (non-hydrogen) atoms. The van der Waals surface area contributed by atoms with E-state index in [2.05, 4.69) is 0 Å². The van der Waals surface area contributed by atoms with Crippen molar-refractivity contribution >= 4 is 0 Å². The molecule has 4 saturated carbocycles. The Kier molecular flexibility index (Phi) is 0.883. The van der Waals surface area contributed by atoms with E-state index in [0.717, 1.165) is 23.7 Å². The highest BCUT2D eigenvalue weighted by molar-refractivity contribution is 5.04. The zero-order chi connectivity index (χ0) is 6.72. The molecule has 0 saturated heterocycles. The Hall–Kier alpha value is -0.0400. The van der Waals surface area contributed by atoms with E-state index >= 15 is 0 Å². The highest BCUT2D eigenvalue weighted by Crippen LogP contribution is 2.57. The van der Waals surface area contributed by atoms with Gasteiger partial charge in [-0.05, 0) is 49.4 Å². The SMILES string of the molecule is N[C@H]1[C@@H]2CC3C[C@@H](C2)[C@@H]1C3. The van der Waals surface area contributed by atoms with Crippen LogP contribution in [0.3, 0.4) is 0 Å². The highest BCUT2D eigenvalue weighted by Gasteiger charge is 2.52. The minimum atomic E-state index is 0.601. The molecule has 0 aromatic carbocycles. The van der Waals surface area contributed by atoms with Gasteiger partial charge in [-0.15, -0.1) is 0 Å². The quantitative estimate of drug-likeness (QED) is 0.536. The molecular weight excluding hydrogens is 122 g/mol. The van der Waals surface area contributed by atoms with Gasteiger partial charge in [0, 0.05) is 6.04 Å². The van der Waals surface area contributed by atoms with E-state index in [1.165, 1.54) is 25.7 Å². The summed E-state index contributed by atoms with van der Waals surface area (Å²) in [5, 5.41) is 0. The van der Waals surface area contributed by atoms with Crippen LogP contribution in [0.4, 0.5) is 0 Å². The van der Waals surface area contributed by atoms with Gasteiger partial charge in [0.25, 0.3) is 0 Å². The van der Waals surface area contributed by atoms with E-state index in [9.17, 15) is 0 Å². The van der Waals surface area contributed by atoms with Crippen molar-refractivity contribution in [2.24, 2.45) is 29.4 Å². The molecule has 0 aromatic heterocycles. The maximum absolute atomic E-state index is 6.10. The third-order valence-electron chi connectivity index (χ3n) is 4.13. The highest BCUT2D eigenvalue weighted by atomic mass is 14.8. The third kappa shape index (κ3) is 0.493. The van der Waals surface area contributed by atoms with Gasteiger partial charge in [-0.1, -0.05) is 0 Å². The minimum Gasteiger partial charge on any atom is -0.327 e. The van der Waals surface area contributed by atoms with Crippen molar-refractivity contribution in [3.05, 3.63) is 0 Å². The lowest BCUT2D eigenvalue weighted by Gasteiger charge is -2.29. The number of hydrogen-bond donors (Lipinski definition) is 1. The first-order valence-corrected chi connectivity index (χ1v) is 4.60. The summed E-state index contributed by atoms with van der Waals surface area (Å²) in [6, 6.07) is 0.601. The van der Waals surface area contributed by atoms with Crippen LogP contribution in [-0.4, -0.2) is 6.04 Å². The normalized spacial score (nSPS) is 63.9. The zero-order valence-corrected chi connectivity index (χ0v) is 6.29. The molecule has 0 aliphatic heterocycles. The molecule has 4 bridgehead atoms. The second-order valence-electron chi connectivity index (χ2n) is 4.57. The topological polar surface area (TPSA) is 26.0 Å². The van der Waals surface area contributed by atoms with Gasteiger partial charge in [-0.25, -0.2) is 0 Å². The van der Waals surface area contributed by atoms with Crippen LogP contribution in [-0.2, 0) is 0 Å². The number of nitrogens with two attached hydrogens (primary N) is 1. The van der Waals surface area contributed by atoms with E-state index in [4.69, 9.17) is 5.73 Å². The summed E-state index contributed by atoms with van der Waals surface area (Å²) in [5.41, 5.74) is 6.10. The lowest BCUT2D eigenvalue weighted by molar-refractivity contribution is 0.250. The fourth-order valence-corrected chi connectivity index (χ4v) is 3.79. The van der Waals surface area contributed by atoms with Crippen LogP contribution in [0, 0.1) is 23.7 Å². The molecule has 0 heterocycles. The van der Waals surface area contributed by atoms with Gasteiger partial charge in [0.15, 0.2) is 0 Å². The predicted molar refractivity (Wildman–Crippen MR) is 40.4 cm³/mol. The molecule has 5 atom stereocenters. The van der Waals surface area contributed by atoms with E-state index < -0.39 is 0 Å². The van der Waals surface area contributed by atoms with E-state index in [-0.39, 0.29) is 0 Å². The Bertz CT molecular complexity index is 160. The molecule has 56 valence electrons. The van der Waals surface area contributed by atoms with Crippen LogP contribution in [0.25, 0.3) is 0 Å². The fraction of sp³-hybridized carbons (Fsp3) is 1.00. The van der Waals surface area contributed by atoms with Crippen LogP contribution in [0.1, 0.15) is 25.7 Å². The Labute approximate surface area is 62.0 Å². The van der Waals surface area contributed by atoms with Crippen molar-refractivity contribution in [2.75, 3.05) is 0 Å². The first kappa shape index (κ1) is 5.59. The van der Waals surface area contributed by atoms with Crippen LogP contribution in [0.5, 0.6) is 0 Å². The van der Waals surface area contributed by atoms with Gasteiger partial charge < -0.3 is 5.73 Å². The van der Waals surface area contributed by atoms with Crippen LogP contribution in [0.15, 0.2) is 0 Å². The first-order valence-electron chi connectivity index (χ1n) is 4.60. The molecule has 0 spiro atoms. The smallest absolute Gasteiger partial charge is 0.00985 e. The summed E-state index contributed by atoms with van der Waals surface area (Å²) in [6.07, 6.45) is 5.94. The van der Waals surface area contributed by atoms with Gasteiger partial charge in [0.2, 0.25) is 0 Å². The van der Waals surface area contributed by atoms with Gasteiger partial charge >= 0.3 is 0 Å². The molecule has 2 N–H and O–H groups in total. The molecule has 0 radical (unpaired) electrons. The lowest BCUT2D eigenvalue weighted by Crippen LogP contribution is -2.35. The summed E-state index contributed by atoms with van der Waals surface area (Å²) in [5.74, 6) is 4.03. The fourth-order valence-electron chi connectivity index (χ4n) is 3.79. The summed E-state index contributed by atoms with van der Waals surface area (Å²) >= 11 is 0. The summed E-state index contributed by atoms with van der Waals surface area (Å²) in [7, 11) is 0. The minimum absolute atomic E-state index is 0.601. The van der Waals surface area contributed by atoms with E-state index in [1.807, 2.05) is 0 Å². The average molecular weight is 137 g/mol. The molecular formula is C9H15N. The van der Waals surface area contributed by atoms with E-state index in [1.54, 1.807) is 0 Å². The second-order valence-corrected chi connectivity index (χ2v) is 4.57. The second kappa shape index (κ2) is 1.58. The van der Waals surface area contributed by atoms with Crippen molar-refractivity contribution in [3.63, 3.8) is 0 Å². The Morgan fingerprint density at radius 1 is 0.900 bits per heavy atom. The maximum Gasteiger partial charge on any atom is 0.00985 e. The molecule has 0 aromatic rings. The van der Waals surface area contributed by atoms with Gasteiger partial charge in [0.1, 0.15) is 0 Å². The Balaban J connectivity index is 1.99. The lowest BCUT2D eigenvalue weighted by atomic mass is 9.80. The standard InChI is InChI=1S/C9H15N/c10-9-7-2-5-1-6(4-7)8(9)3-5/h5-9H,1-4,10H2/t5?,6-,7+,8-,9-/m0/s1. The number of hydrogen-bond acceptors (Lipinski definition) is 1. The van der Waals surface area contributed by atoms with Crippen molar-refractivity contribution in [1.82, 2.24) is 0 Å². The zero-order valence-electron chi connectivity index (χ0n) is 6.29. The molecule has 4 aliphatic carbocycles. The molecule has 0 amide bonds. The molecule has 1 nitrogen and oxygen atoms in total. The van der Waals surface area contributed by atoms with Crippen LogP contribution < -0.4 is 5.73 Å². The molecule has 1 unspecified atom stereocenters. The van der Waals surface area contributed by atoms with E-state index in [0.29, 0.717) is 6.04 Å². The van der Waals surface area contributed by atoms with Crippen molar-refractivity contribution < 1.29 is 0 Å². The van der Waals surface area contributed by atoms with Crippen LogP contribution in [0.2, 0.25) is 0 Å². The van der Waals surface area contributed by atoms with Crippen LogP contribution >= 0.6 is 0 Å². The van der Waals surface area contributed by atoms with Gasteiger partial charge in [-0.2, -0.15) is 0 Å². The Morgan fingerprint density at radius 2 is 1.70 bits per heavy atom.